The van der Waals surface area contributed by atoms with Crippen LogP contribution in [0.15, 0.2) is 28.7 Å². The van der Waals surface area contributed by atoms with Crippen LogP contribution in [-0.4, -0.2) is 25.0 Å². The highest BCUT2D eigenvalue weighted by Crippen LogP contribution is 2.13. The number of amides is 1. The summed E-state index contributed by atoms with van der Waals surface area (Å²) in [6.07, 6.45) is 0.778. The van der Waals surface area contributed by atoms with E-state index in [9.17, 15) is 9.59 Å². The maximum Gasteiger partial charge on any atom is 0.328 e. The Morgan fingerprint density at radius 2 is 1.89 bits per heavy atom. The number of hydrogen-bond acceptors (Lipinski definition) is 3. The minimum Gasteiger partial charge on any atom is -0.467 e. The first-order chi connectivity index (χ1) is 8.99. The standard InChI is InChI=1S/C14H18BrNO3/c1-4-9(2)12(14(18)19-3)16-13(17)10-5-7-11(15)8-6-10/h5-9,12H,4H2,1-3H3,(H,16,17)/t9-,12+/m0/s1. The number of methoxy groups -OCH3 is 1. The van der Waals surface area contributed by atoms with Gasteiger partial charge in [-0.25, -0.2) is 4.79 Å². The minimum atomic E-state index is -0.619. The third kappa shape index (κ3) is 4.35. The fraction of sp³-hybridized carbons (Fsp3) is 0.429. The van der Waals surface area contributed by atoms with Crippen molar-refractivity contribution in [2.75, 3.05) is 7.11 Å². The van der Waals surface area contributed by atoms with Crippen LogP contribution in [0.3, 0.4) is 0 Å². The van der Waals surface area contributed by atoms with Crippen LogP contribution in [0.25, 0.3) is 0 Å². The molecule has 1 amide bonds. The molecule has 0 unspecified atom stereocenters. The Bertz CT molecular complexity index is 445. The van der Waals surface area contributed by atoms with Crippen molar-refractivity contribution in [2.45, 2.75) is 26.3 Å². The van der Waals surface area contributed by atoms with Gasteiger partial charge in [0.2, 0.25) is 0 Å². The van der Waals surface area contributed by atoms with E-state index in [-0.39, 0.29) is 11.8 Å². The maximum absolute atomic E-state index is 12.1. The van der Waals surface area contributed by atoms with Crippen LogP contribution >= 0.6 is 15.9 Å². The summed E-state index contributed by atoms with van der Waals surface area (Å²) in [6.45, 7) is 3.87. The van der Waals surface area contributed by atoms with Crippen molar-refractivity contribution in [2.24, 2.45) is 5.92 Å². The largest absolute Gasteiger partial charge is 0.467 e. The lowest BCUT2D eigenvalue weighted by atomic mass is 9.99. The number of esters is 1. The summed E-state index contributed by atoms with van der Waals surface area (Å²) in [7, 11) is 1.32. The minimum absolute atomic E-state index is 0.0202. The number of hydrogen-bond donors (Lipinski definition) is 1. The van der Waals surface area contributed by atoms with E-state index in [1.54, 1.807) is 24.3 Å². The molecule has 1 aromatic rings. The molecule has 4 nitrogen and oxygen atoms in total. The summed E-state index contributed by atoms with van der Waals surface area (Å²) in [5.74, 6) is -0.671. The first-order valence-corrected chi connectivity index (χ1v) is 6.93. The second-order valence-corrected chi connectivity index (χ2v) is 5.28. The van der Waals surface area contributed by atoms with Crippen LogP contribution in [0.2, 0.25) is 0 Å². The Kier molecular flexibility index (Phi) is 6.02. The van der Waals surface area contributed by atoms with Gasteiger partial charge in [0.15, 0.2) is 0 Å². The van der Waals surface area contributed by atoms with Gasteiger partial charge in [-0.3, -0.25) is 4.79 Å². The SMILES string of the molecule is CC[C@H](C)[C@@H](NC(=O)c1ccc(Br)cc1)C(=O)OC. The lowest BCUT2D eigenvalue weighted by Gasteiger charge is -2.21. The molecule has 1 rings (SSSR count). The quantitative estimate of drug-likeness (QED) is 0.846. The predicted molar refractivity (Wildman–Crippen MR) is 76.9 cm³/mol. The van der Waals surface area contributed by atoms with E-state index in [1.807, 2.05) is 13.8 Å². The second kappa shape index (κ2) is 7.28. The molecule has 2 atom stereocenters. The Morgan fingerprint density at radius 3 is 2.37 bits per heavy atom. The zero-order chi connectivity index (χ0) is 14.4. The molecule has 19 heavy (non-hydrogen) atoms. The summed E-state index contributed by atoms with van der Waals surface area (Å²) in [6, 6.07) is 6.34. The molecule has 0 bridgehead atoms. The highest BCUT2D eigenvalue weighted by Gasteiger charge is 2.26. The molecule has 0 aliphatic carbocycles. The van der Waals surface area contributed by atoms with Crippen LogP contribution in [-0.2, 0) is 9.53 Å². The number of benzene rings is 1. The van der Waals surface area contributed by atoms with Crippen molar-refractivity contribution >= 4 is 27.8 Å². The van der Waals surface area contributed by atoms with Gasteiger partial charge in [-0.2, -0.15) is 0 Å². The highest BCUT2D eigenvalue weighted by atomic mass is 79.9. The Labute approximate surface area is 121 Å². The van der Waals surface area contributed by atoms with Crippen molar-refractivity contribution < 1.29 is 14.3 Å². The first kappa shape index (κ1) is 15.7. The lowest BCUT2D eigenvalue weighted by molar-refractivity contribution is -0.144. The molecule has 1 aromatic carbocycles. The molecular weight excluding hydrogens is 310 g/mol. The molecule has 0 spiro atoms. The third-order valence-electron chi connectivity index (χ3n) is 3.06. The molecule has 0 saturated heterocycles. The molecule has 0 fully saturated rings. The lowest BCUT2D eigenvalue weighted by Crippen LogP contribution is -2.45. The summed E-state index contributed by atoms with van der Waals surface area (Å²) in [5.41, 5.74) is 0.514. The van der Waals surface area contributed by atoms with Crippen LogP contribution in [0.4, 0.5) is 0 Å². The summed E-state index contributed by atoms with van der Waals surface area (Å²) >= 11 is 3.31. The summed E-state index contributed by atoms with van der Waals surface area (Å²) in [4.78, 5) is 23.8. The Morgan fingerprint density at radius 1 is 1.32 bits per heavy atom. The van der Waals surface area contributed by atoms with E-state index in [0.717, 1.165) is 10.9 Å². The van der Waals surface area contributed by atoms with Crippen molar-refractivity contribution in [3.63, 3.8) is 0 Å². The van der Waals surface area contributed by atoms with Crippen molar-refractivity contribution in [1.82, 2.24) is 5.32 Å². The Balaban J connectivity index is 2.81. The number of halogens is 1. The van der Waals surface area contributed by atoms with E-state index in [4.69, 9.17) is 4.74 Å². The van der Waals surface area contributed by atoms with Gasteiger partial charge in [-0.05, 0) is 30.2 Å². The zero-order valence-corrected chi connectivity index (χ0v) is 12.9. The van der Waals surface area contributed by atoms with Crippen LogP contribution in [0.5, 0.6) is 0 Å². The van der Waals surface area contributed by atoms with E-state index < -0.39 is 12.0 Å². The van der Waals surface area contributed by atoms with Gasteiger partial charge in [0.1, 0.15) is 6.04 Å². The Hall–Kier alpha value is -1.36. The van der Waals surface area contributed by atoms with E-state index in [0.29, 0.717) is 5.56 Å². The maximum atomic E-state index is 12.1. The molecule has 5 heteroatoms. The number of rotatable bonds is 5. The van der Waals surface area contributed by atoms with Crippen molar-refractivity contribution in [3.05, 3.63) is 34.3 Å². The number of carbonyl (C=O) groups is 2. The van der Waals surface area contributed by atoms with Gasteiger partial charge in [-0.15, -0.1) is 0 Å². The van der Waals surface area contributed by atoms with Gasteiger partial charge < -0.3 is 10.1 Å². The monoisotopic (exact) mass is 327 g/mol. The van der Waals surface area contributed by atoms with Gasteiger partial charge in [-0.1, -0.05) is 36.2 Å². The first-order valence-electron chi connectivity index (χ1n) is 6.13. The second-order valence-electron chi connectivity index (χ2n) is 4.37. The number of ether oxygens (including phenoxy) is 1. The zero-order valence-electron chi connectivity index (χ0n) is 11.3. The molecule has 104 valence electrons. The van der Waals surface area contributed by atoms with E-state index >= 15 is 0 Å². The molecule has 1 N–H and O–H groups in total. The fourth-order valence-corrected chi connectivity index (χ4v) is 1.89. The van der Waals surface area contributed by atoms with Crippen LogP contribution in [0.1, 0.15) is 30.6 Å². The molecule has 0 aliphatic heterocycles. The summed E-state index contributed by atoms with van der Waals surface area (Å²) in [5, 5.41) is 2.73. The van der Waals surface area contributed by atoms with Crippen molar-refractivity contribution in [3.8, 4) is 0 Å². The topological polar surface area (TPSA) is 55.4 Å². The summed E-state index contributed by atoms with van der Waals surface area (Å²) < 4.78 is 5.63. The fourth-order valence-electron chi connectivity index (χ4n) is 1.62. The molecule has 0 aliphatic rings. The molecular formula is C14H18BrNO3. The number of carbonyl (C=O) groups excluding carboxylic acids is 2. The van der Waals surface area contributed by atoms with E-state index in [1.165, 1.54) is 7.11 Å². The number of nitrogens with one attached hydrogen (secondary N) is 1. The van der Waals surface area contributed by atoms with Gasteiger partial charge in [0.05, 0.1) is 7.11 Å². The molecule has 0 saturated carbocycles. The molecule has 0 radical (unpaired) electrons. The van der Waals surface area contributed by atoms with Crippen LogP contribution in [0, 0.1) is 5.92 Å². The average Bonchev–Trinajstić information content (AvgIpc) is 2.43. The average molecular weight is 328 g/mol. The normalized spacial score (nSPS) is 13.5. The molecule has 0 heterocycles. The molecule has 0 aromatic heterocycles. The van der Waals surface area contributed by atoms with Gasteiger partial charge >= 0.3 is 5.97 Å². The smallest absolute Gasteiger partial charge is 0.328 e. The van der Waals surface area contributed by atoms with Gasteiger partial charge in [0, 0.05) is 10.0 Å². The highest BCUT2D eigenvalue weighted by molar-refractivity contribution is 9.10. The van der Waals surface area contributed by atoms with Crippen LogP contribution < -0.4 is 5.32 Å². The van der Waals surface area contributed by atoms with Gasteiger partial charge in [0.25, 0.3) is 5.91 Å². The van der Waals surface area contributed by atoms with E-state index in [2.05, 4.69) is 21.2 Å². The van der Waals surface area contributed by atoms with Crippen molar-refractivity contribution in [1.29, 1.82) is 0 Å². The third-order valence-corrected chi connectivity index (χ3v) is 3.59. The predicted octanol–water partition coefficient (Wildman–Crippen LogP) is 2.77.